The topological polar surface area (TPSA) is 101 Å². The van der Waals surface area contributed by atoms with Gasteiger partial charge in [0.1, 0.15) is 5.75 Å². The molecule has 0 aromatic rings. The summed E-state index contributed by atoms with van der Waals surface area (Å²) in [6.45, 7) is 0. The van der Waals surface area contributed by atoms with E-state index in [1.807, 2.05) is 0 Å². The molecule has 0 aromatic heterocycles. The summed E-state index contributed by atoms with van der Waals surface area (Å²) < 4.78 is 24.2. The number of carboxylic acid groups (broad SMARTS) is 1. The molecule has 2 N–H and O–H groups in total. The van der Waals surface area contributed by atoms with Crippen LogP contribution in [0.3, 0.4) is 0 Å². The number of sulfone groups is 1. The molecule has 0 saturated heterocycles. The summed E-state index contributed by atoms with van der Waals surface area (Å²) in [4.78, 5) is 22.7. The fourth-order valence-electron chi connectivity index (χ4n) is 3.12. The van der Waals surface area contributed by atoms with E-state index in [9.17, 15) is 18.0 Å². The molecule has 2 rings (SSSR count). The largest absolute Gasteiger partial charge is 0.481 e. The maximum Gasteiger partial charge on any atom is 0.305 e. The predicted octanol–water partition coefficient (Wildman–Crippen LogP) is 0.857. The maximum atomic E-state index is 12.1. The number of carbonyl (C=O) groups excluding carboxylic acids is 1. The van der Waals surface area contributed by atoms with Crippen molar-refractivity contribution >= 4 is 21.7 Å². The Morgan fingerprint density at radius 1 is 1.15 bits per heavy atom. The molecule has 0 bridgehead atoms. The first-order valence-corrected chi connectivity index (χ1v) is 8.79. The second kappa shape index (κ2) is 5.71. The predicted molar refractivity (Wildman–Crippen MR) is 73.0 cm³/mol. The molecule has 0 radical (unpaired) electrons. The van der Waals surface area contributed by atoms with E-state index >= 15 is 0 Å². The van der Waals surface area contributed by atoms with E-state index in [4.69, 9.17) is 5.11 Å². The summed E-state index contributed by atoms with van der Waals surface area (Å²) in [5, 5.41) is 11.1. The van der Waals surface area contributed by atoms with Crippen LogP contribution in [0.5, 0.6) is 0 Å². The van der Waals surface area contributed by atoms with Crippen LogP contribution in [-0.4, -0.2) is 41.9 Å². The number of rotatable bonds is 6. The van der Waals surface area contributed by atoms with Crippen molar-refractivity contribution in [3.05, 3.63) is 0 Å². The third-order valence-electron chi connectivity index (χ3n) is 4.35. The minimum absolute atomic E-state index is 0.137. The van der Waals surface area contributed by atoms with E-state index in [-0.39, 0.29) is 6.42 Å². The zero-order valence-corrected chi connectivity index (χ0v) is 12.2. The summed E-state index contributed by atoms with van der Waals surface area (Å²) in [5.41, 5.74) is -0.728. The molecular weight excluding hydrogens is 282 g/mol. The van der Waals surface area contributed by atoms with E-state index in [0.717, 1.165) is 19.3 Å². The number of carbonyl (C=O) groups is 2. The first-order valence-electron chi connectivity index (χ1n) is 7.07. The fourth-order valence-corrected chi connectivity index (χ4v) is 4.84. The summed E-state index contributed by atoms with van der Waals surface area (Å²) >= 11 is 0. The molecule has 7 heteroatoms. The van der Waals surface area contributed by atoms with Crippen molar-refractivity contribution in [3.63, 3.8) is 0 Å². The molecule has 0 atom stereocenters. The molecule has 1 amide bonds. The van der Waals surface area contributed by atoms with Gasteiger partial charge < -0.3 is 10.4 Å². The third-order valence-corrected chi connectivity index (χ3v) is 6.50. The minimum atomic E-state index is -3.40. The van der Waals surface area contributed by atoms with Gasteiger partial charge in [0.25, 0.3) is 0 Å². The van der Waals surface area contributed by atoms with Crippen molar-refractivity contribution in [2.24, 2.45) is 0 Å². The lowest BCUT2D eigenvalue weighted by atomic mass is 9.74. The van der Waals surface area contributed by atoms with Gasteiger partial charge in [-0.25, -0.2) is 8.42 Å². The van der Waals surface area contributed by atoms with Gasteiger partial charge in [-0.05, 0) is 32.1 Å². The Morgan fingerprint density at radius 2 is 1.75 bits per heavy atom. The third kappa shape index (κ3) is 3.50. The Hall–Kier alpha value is -1.11. The lowest BCUT2D eigenvalue weighted by Gasteiger charge is -2.41. The van der Waals surface area contributed by atoms with Gasteiger partial charge in [-0.15, -0.1) is 0 Å². The van der Waals surface area contributed by atoms with Gasteiger partial charge in [0.05, 0.1) is 17.2 Å². The van der Waals surface area contributed by atoms with Gasteiger partial charge in [0.15, 0.2) is 9.84 Å². The van der Waals surface area contributed by atoms with Gasteiger partial charge >= 0.3 is 5.97 Å². The minimum Gasteiger partial charge on any atom is -0.481 e. The summed E-state index contributed by atoms with van der Waals surface area (Å²) in [7, 11) is -3.40. The molecule has 0 unspecified atom stereocenters. The van der Waals surface area contributed by atoms with Gasteiger partial charge in [-0.1, -0.05) is 12.8 Å². The first-order chi connectivity index (χ1) is 9.33. The van der Waals surface area contributed by atoms with E-state index < -0.39 is 38.3 Å². The van der Waals surface area contributed by atoms with Crippen molar-refractivity contribution < 1.29 is 23.1 Å². The number of hydrogen-bond acceptors (Lipinski definition) is 4. The molecule has 2 fully saturated rings. The fraction of sp³-hybridized carbons (Fsp3) is 0.846. The number of hydrogen-bond donors (Lipinski definition) is 2. The Labute approximate surface area is 118 Å². The van der Waals surface area contributed by atoms with Crippen LogP contribution in [0.25, 0.3) is 0 Å². The SMILES string of the molecule is O=C(O)CC1(NC(=O)CS(=O)(=O)C2CCCC2)CCC1. The molecule has 6 nitrogen and oxygen atoms in total. The highest BCUT2D eigenvalue weighted by atomic mass is 32.2. The molecule has 2 aliphatic rings. The zero-order chi connectivity index (χ0) is 14.8. The Balaban J connectivity index is 1.93. The van der Waals surface area contributed by atoms with Crippen molar-refractivity contribution in [3.8, 4) is 0 Å². The number of nitrogens with one attached hydrogen (secondary N) is 1. The summed E-state index contributed by atoms with van der Waals surface area (Å²) in [5.74, 6) is -2.04. The van der Waals surface area contributed by atoms with Gasteiger partial charge in [-0.2, -0.15) is 0 Å². The highest BCUT2D eigenvalue weighted by molar-refractivity contribution is 7.92. The Morgan fingerprint density at radius 3 is 2.20 bits per heavy atom. The van der Waals surface area contributed by atoms with Crippen LogP contribution in [0.1, 0.15) is 51.4 Å². The van der Waals surface area contributed by atoms with Crippen LogP contribution in [-0.2, 0) is 19.4 Å². The average Bonchev–Trinajstić information content (AvgIpc) is 2.78. The molecule has 2 saturated carbocycles. The zero-order valence-electron chi connectivity index (χ0n) is 11.4. The van der Waals surface area contributed by atoms with Gasteiger partial charge in [-0.3, -0.25) is 9.59 Å². The second-order valence-corrected chi connectivity index (χ2v) is 8.25. The average molecular weight is 303 g/mol. The molecule has 0 spiro atoms. The van der Waals surface area contributed by atoms with Crippen molar-refractivity contribution in [2.75, 3.05) is 5.75 Å². The van der Waals surface area contributed by atoms with Crippen LogP contribution in [0.4, 0.5) is 0 Å². The molecular formula is C13H21NO5S. The van der Waals surface area contributed by atoms with E-state index in [0.29, 0.717) is 25.7 Å². The number of carboxylic acids is 1. The normalized spacial score (nSPS) is 22.2. The molecule has 2 aliphatic carbocycles. The second-order valence-electron chi connectivity index (χ2n) is 5.97. The lowest BCUT2D eigenvalue weighted by molar-refractivity contribution is -0.140. The van der Waals surface area contributed by atoms with E-state index in [1.165, 1.54) is 0 Å². The lowest BCUT2D eigenvalue weighted by Crippen LogP contribution is -2.56. The van der Waals surface area contributed by atoms with Crippen molar-refractivity contribution in [2.45, 2.75) is 62.2 Å². The van der Waals surface area contributed by atoms with Gasteiger partial charge in [0, 0.05) is 0 Å². The van der Waals surface area contributed by atoms with Crippen LogP contribution < -0.4 is 5.32 Å². The molecule has 20 heavy (non-hydrogen) atoms. The number of aliphatic carboxylic acids is 1. The molecule has 0 aliphatic heterocycles. The van der Waals surface area contributed by atoms with Crippen LogP contribution in [0.15, 0.2) is 0 Å². The number of amides is 1. The molecule has 114 valence electrons. The van der Waals surface area contributed by atoms with E-state index in [1.54, 1.807) is 0 Å². The molecule has 0 heterocycles. The highest BCUT2D eigenvalue weighted by Crippen LogP contribution is 2.35. The van der Waals surface area contributed by atoms with E-state index in [2.05, 4.69) is 5.32 Å². The Kier molecular flexibility index (Phi) is 4.36. The standard InChI is InChI=1S/C13H21NO5S/c15-11(9-20(18,19)10-4-1-2-5-10)14-13(6-3-7-13)8-12(16)17/h10H,1-9H2,(H,14,15)(H,16,17). The van der Waals surface area contributed by atoms with Gasteiger partial charge in [0.2, 0.25) is 5.91 Å². The first kappa shape index (κ1) is 15.3. The highest BCUT2D eigenvalue weighted by Gasteiger charge is 2.41. The van der Waals surface area contributed by atoms with Crippen LogP contribution in [0, 0.1) is 0 Å². The summed E-state index contributed by atoms with van der Waals surface area (Å²) in [6, 6.07) is 0. The Bertz CT molecular complexity index is 489. The maximum absolute atomic E-state index is 12.1. The van der Waals surface area contributed by atoms with Crippen LogP contribution >= 0.6 is 0 Å². The quantitative estimate of drug-likeness (QED) is 0.758. The van der Waals surface area contributed by atoms with Crippen molar-refractivity contribution in [1.82, 2.24) is 5.32 Å². The molecule has 0 aromatic carbocycles. The summed E-state index contributed by atoms with van der Waals surface area (Å²) in [6.07, 6.45) is 5.00. The smallest absolute Gasteiger partial charge is 0.305 e. The van der Waals surface area contributed by atoms with Crippen LogP contribution in [0.2, 0.25) is 0 Å². The van der Waals surface area contributed by atoms with Crippen molar-refractivity contribution in [1.29, 1.82) is 0 Å². The monoisotopic (exact) mass is 303 g/mol.